The van der Waals surface area contributed by atoms with Gasteiger partial charge in [-0.25, -0.2) is 0 Å². The van der Waals surface area contributed by atoms with Crippen LogP contribution in [0.1, 0.15) is 36.4 Å². The summed E-state index contributed by atoms with van der Waals surface area (Å²) in [6.07, 6.45) is 1.62. The monoisotopic (exact) mass is 261 g/mol. The first-order valence-corrected chi connectivity index (χ1v) is 6.56. The van der Waals surface area contributed by atoms with Crippen molar-refractivity contribution in [3.63, 3.8) is 0 Å². The number of hydrogen-bond acceptors (Lipinski definition) is 2. The molecule has 4 heteroatoms. The summed E-state index contributed by atoms with van der Waals surface area (Å²) in [7, 11) is 1.71. The molecular weight excluding hydrogens is 242 g/mol. The van der Waals surface area contributed by atoms with Crippen LogP contribution >= 0.6 is 0 Å². The van der Waals surface area contributed by atoms with Gasteiger partial charge >= 0.3 is 5.97 Å². The molecule has 102 valence electrons. The largest absolute Gasteiger partial charge is 0.481 e. The molecule has 1 amide bonds. The first kappa shape index (κ1) is 13.6. The Morgan fingerprint density at radius 1 is 1.37 bits per heavy atom. The molecule has 0 radical (unpaired) electrons. The number of carbonyl (C=O) groups excluding carboxylic acids is 1. The quantitative estimate of drug-likeness (QED) is 0.889. The predicted octanol–water partition coefficient (Wildman–Crippen LogP) is 2.38. The third-order valence-corrected chi connectivity index (χ3v) is 3.92. The van der Waals surface area contributed by atoms with Crippen LogP contribution in [-0.2, 0) is 9.59 Å². The van der Waals surface area contributed by atoms with E-state index in [2.05, 4.69) is 0 Å². The van der Waals surface area contributed by atoms with E-state index >= 15 is 0 Å². The Morgan fingerprint density at radius 2 is 2.05 bits per heavy atom. The van der Waals surface area contributed by atoms with Gasteiger partial charge in [0.2, 0.25) is 5.91 Å². The van der Waals surface area contributed by atoms with Crippen molar-refractivity contribution >= 4 is 11.9 Å². The highest BCUT2D eigenvalue weighted by Crippen LogP contribution is 2.36. The van der Waals surface area contributed by atoms with Crippen LogP contribution in [0.15, 0.2) is 24.3 Å². The van der Waals surface area contributed by atoms with Crippen LogP contribution in [0.5, 0.6) is 0 Å². The van der Waals surface area contributed by atoms with Gasteiger partial charge < -0.3 is 10.0 Å². The molecule has 0 aromatic heterocycles. The van der Waals surface area contributed by atoms with E-state index in [0.717, 1.165) is 11.1 Å². The van der Waals surface area contributed by atoms with Gasteiger partial charge in [0, 0.05) is 13.5 Å². The fourth-order valence-corrected chi connectivity index (χ4v) is 2.84. The second kappa shape index (κ2) is 5.43. The summed E-state index contributed by atoms with van der Waals surface area (Å²) in [6, 6.07) is 7.33. The normalized spacial score (nSPS) is 24.1. The molecule has 0 spiro atoms. The van der Waals surface area contributed by atoms with E-state index in [4.69, 9.17) is 0 Å². The minimum Gasteiger partial charge on any atom is -0.481 e. The van der Waals surface area contributed by atoms with Crippen LogP contribution in [0.3, 0.4) is 0 Å². The first-order chi connectivity index (χ1) is 9.02. The van der Waals surface area contributed by atoms with Gasteiger partial charge in [-0.2, -0.15) is 0 Å². The molecule has 0 aliphatic carbocycles. The fourth-order valence-electron chi connectivity index (χ4n) is 2.84. The van der Waals surface area contributed by atoms with Crippen LogP contribution in [0, 0.1) is 12.8 Å². The Kier molecular flexibility index (Phi) is 3.88. The van der Waals surface area contributed by atoms with E-state index in [1.165, 1.54) is 0 Å². The van der Waals surface area contributed by atoms with Gasteiger partial charge in [0.25, 0.3) is 0 Å². The average molecular weight is 261 g/mol. The number of aryl methyl sites for hydroxylation is 1. The zero-order valence-electron chi connectivity index (χ0n) is 11.3. The van der Waals surface area contributed by atoms with Gasteiger partial charge in [0.05, 0.1) is 12.0 Å². The van der Waals surface area contributed by atoms with Crippen molar-refractivity contribution in [2.24, 2.45) is 5.92 Å². The van der Waals surface area contributed by atoms with Gasteiger partial charge in [0.15, 0.2) is 0 Å². The molecule has 1 saturated heterocycles. The number of benzene rings is 1. The maximum absolute atomic E-state index is 12.0. The molecule has 1 N–H and O–H groups in total. The summed E-state index contributed by atoms with van der Waals surface area (Å²) < 4.78 is 0. The summed E-state index contributed by atoms with van der Waals surface area (Å²) >= 11 is 0. The standard InChI is InChI=1S/C15H19NO3/c1-10-6-3-4-7-11(10)14-12(15(18)19)8-5-9-13(17)16(14)2/h3-4,6-7,12,14H,5,8-9H2,1-2H3,(H,18,19). The van der Waals surface area contributed by atoms with Gasteiger partial charge in [-0.05, 0) is 30.9 Å². The zero-order chi connectivity index (χ0) is 14.0. The van der Waals surface area contributed by atoms with Crippen LogP contribution in [0.4, 0.5) is 0 Å². The third kappa shape index (κ3) is 2.62. The topological polar surface area (TPSA) is 57.6 Å². The Morgan fingerprint density at radius 3 is 2.68 bits per heavy atom. The molecule has 2 unspecified atom stereocenters. The van der Waals surface area contributed by atoms with Gasteiger partial charge in [-0.3, -0.25) is 9.59 Å². The maximum Gasteiger partial charge on any atom is 0.308 e. The summed E-state index contributed by atoms with van der Waals surface area (Å²) in [5.41, 5.74) is 1.97. The molecule has 2 rings (SSSR count). The molecule has 1 aliphatic rings. The lowest BCUT2D eigenvalue weighted by atomic mass is 9.87. The molecule has 1 aromatic carbocycles. The lowest BCUT2D eigenvalue weighted by Crippen LogP contribution is -2.36. The van der Waals surface area contributed by atoms with Crippen molar-refractivity contribution in [1.29, 1.82) is 0 Å². The number of carbonyl (C=O) groups is 2. The van der Waals surface area contributed by atoms with E-state index < -0.39 is 11.9 Å². The fraction of sp³-hybridized carbons (Fsp3) is 0.467. The molecule has 19 heavy (non-hydrogen) atoms. The van der Waals surface area contributed by atoms with E-state index in [9.17, 15) is 14.7 Å². The van der Waals surface area contributed by atoms with Crippen LogP contribution in [0.25, 0.3) is 0 Å². The molecular formula is C15H19NO3. The number of rotatable bonds is 2. The Hall–Kier alpha value is -1.84. The number of carboxylic acid groups (broad SMARTS) is 1. The lowest BCUT2D eigenvalue weighted by Gasteiger charge is -2.31. The summed E-state index contributed by atoms with van der Waals surface area (Å²) in [4.78, 5) is 25.1. The van der Waals surface area contributed by atoms with E-state index in [1.54, 1.807) is 11.9 Å². The van der Waals surface area contributed by atoms with Crippen molar-refractivity contribution in [2.45, 2.75) is 32.2 Å². The highest BCUT2D eigenvalue weighted by atomic mass is 16.4. The average Bonchev–Trinajstić information content (AvgIpc) is 2.51. The second-order valence-electron chi connectivity index (χ2n) is 5.14. The molecule has 0 bridgehead atoms. The van der Waals surface area contributed by atoms with Gasteiger partial charge in [-0.1, -0.05) is 24.3 Å². The number of carboxylic acids is 1. The van der Waals surface area contributed by atoms with Crippen molar-refractivity contribution in [2.75, 3.05) is 7.05 Å². The van der Waals surface area contributed by atoms with Crippen LogP contribution < -0.4 is 0 Å². The Bertz CT molecular complexity index is 498. The second-order valence-corrected chi connectivity index (χ2v) is 5.14. The predicted molar refractivity (Wildman–Crippen MR) is 71.7 cm³/mol. The molecule has 2 atom stereocenters. The third-order valence-electron chi connectivity index (χ3n) is 3.92. The van der Waals surface area contributed by atoms with E-state index in [-0.39, 0.29) is 11.9 Å². The summed E-state index contributed by atoms with van der Waals surface area (Å²) in [6.45, 7) is 1.96. The number of likely N-dealkylation sites (tertiary alicyclic amines) is 1. The highest BCUT2D eigenvalue weighted by molar-refractivity contribution is 5.79. The Labute approximate surface area is 113 Å². The SMILES string of the molecule is Cc1ccccc1C1C(C(=O)O)CCCC(=O)N1C. The minimum absolute atomic E-state index is 0.0250. The molecule has 1 aromatic rings. The van der Waals surface area contributed by atoms with Crippen molar-refractivity contribution in [1.82, 2.24) is 4.90 Å². The number of hydrogen-bond donors (Lipinski definition) is 1. The molecule has 1 fully saturated rings. The first-order valence-electron chi connectivity index (χ1n) is 6.56. The molecule has 0 saturated carbocycles. The zero-order valence-corrected chi connectivity index (χ0v) is 11.3. The van der Waals surface area contributed by atoms with Gasteiger partial charge in [-0.15, -0.1) is 0 Å². The number of nitrogens with zero attached hydrogens (tertiary/aromatic N) is 1. The van der Waals surface area contributed by atoms with Gasteiger partial charge in [0.1, 0.15) is 0 Å². The Balaban J connectivity index is 2.48. The minimum atomic E-state index is -0.824. The summed E-state index contributed by atoms with van der Waals surface area (Å²) in [5.74, 6) is -1.33. The lowest BCUT2D eigenvalue weighted by molar-refractivity contribution is -0.145. The van der Waals surface area contributed by atoms with Crippen molar-refractivity contribution in [3.05, 3.63) is 35.4 Å². The number of amides is 1. The molecule has 4 nitrogen and oxygen atoms in total. The highest BCUT2D eigenvalue weighted by Gasteiger charge is 2.37. The molecule has 1 heterocycles. The smallest absolute Gasteiger partial charge is 0.308 e. The van der Waals surface area contributed by atoms with Crippen molar-refractivity contribution in [3.8, 4) is 0 Å². The van der Waals surface area contributed by atoms with E-state index in [0.29, 0.717) is 19.3 Å². The van der Waals surface area contributed by atoms with Crippen LogP contribution in [-0.4, -0.2) is 28.9 Å². The maximum atomic E-state index is 12.0. The number of aliphatic carboxylic acids is 1. The molecule has 1 aliphatic heterocycles. The van der Waals surface area contributed by atoms with Crippen molar-refractivity contribution < 1.29 is 14.7 Å². The van der Waals surface area contributed by atoms with E-state index in [1.807, 2.05) is 31.2 Å². The van der Waals surface area contributed by atoms with Crippen LogP contribution in [0.2, 0.25) is 0 Å². The summed E-state index contributed by atoms with van der Waals surface area (Å²) in [5, 5.41) is 9.45.